The Kier molecular flexibility index (Phi) is 3.23. The lowest BCUT2D eigenvalue weighted by atomic mass is 10.2. The maximum atomic E-state index is 11.0. The summed E-state index contributed by atoms with van der Waals surface area (Å²) in [6.07, 6.45) is 0. The molecule has 1 heterocycles. The molecule has 19 heavy (non-hydrogen) atoms. The van der Waals surface area contributed by atoms with Gasteiger partial charge in [0.1, 0.15) is 0 Å². The van der Waals surface area contributed by atoms with E-state index in [1.807, 2.05) is 0 Å². The molecule has 98 valence electrons. The van der Waals surface area contributed by atoms with Crippen LogP contribution in [0.25, 0.3) is 0 Å². The number of rotatable bonds is 4. The van der Waals surface area contributed by atoms with E-state index < -0.39 is 10.8 Å². The summed E-state index contributed by atoms with van der Waals surface area (Å²) in [5.74, 6) is -0.632. The van der Waals surface area contributed by atoms with E-state index in [0.29, 0.717) is 12.2 Å². The molecule has 2 rings (SSSR count). The number of amides is 1. The average Bonchev–Trinajstić information content (AvgIpc) is 2.72. The molecule has 0 aliphatic heterocycles. The fourth-order valence-electron chi connectivity index (χ4n) is 1.63. The minimum Gasteiger partial charge on any atom is -0.364 e. The molecule has 0 atom stereocenters. The lowest BCUT2D eigenvalue weighted by molar-refractivity contribution is -0.384. The Morgan fingerprint density at radius 1 is 1.42 bits per heavy atom. The van der Waals surface area contributed by atoms with E-state index in [9.17, 15) is 14.9 Å². The Morgan fingerprint density at radius 3 is 2.53 bits per heavy atom. The number of nitrogens with two attached hydrogens (primary N) is 1. The molecule has 0 spiro atoms. The van der Waals surface area contributed by atoms with Crippen LogP contribution in [0.4, 0.5) is 5.69 Å². The number of hydrogen-bond acceptors (Lipinski definition) is 5. The molecule has 2 N–H and O–H groups in total. The maximum absolute atomic E-state index is 11.0. The van der Waals surface area contributed by atoms with Gasteiger partial charge in [-0.05, 0) is 12.5 Å². The van der Waals surface area contributed by atoms with Crippen LogP contribution >= 0.6 is 0 Å². The number of nitro benzene ring substituents is 1. The number of nitro groups is 1. The normalized spacial score (nSPS) is 10.4. The highest BCUT2D eigenvalue weighted by atomic mass is 16.6. The van der Waals surface area contributed by atoms with Crippen LogP contribution in [0, 0.1) is 17.0 Å². The summed E-state index contributed by atoms with van der Waals surface area (Å²) in [4.78, 5) is 21.1. The topological polar surface area (TPSA) is 117 Å². The van der Waals surface area contributed by atoms with Crippen molar-refractivity contribution >= 4 is 11.6 Å². The van der Waals surface area contributed by atoms with E-state index >= 15 is 0 Å². The number of carbonyl (C=O) groups excluding carboxylic acids is 1. The zero-order chi connectivity index (χ0) is 14.0. The van der Waals surface area contributed by atoms with Gasteiger partial charge in [0.15, 0.2) is 5.69 Å². The van der Waals surface area contributed by atoms with Crippen molar-refractivity contribution in [1.29, 1.82) is 0 Å². The number of carbonyl (C=O) groups is 1. The molecule has 0 radical (unpaired) electrons. The van der Waals surface area contributed by atoms with Gasteiger partial charge in [-0.15, -0.1) is 5.10 Å². The van der Waals surface area contributed by atoms with E-state index in [2.05, 4.69) is 10.3 Å². The van der Waals surface area contributed by atoms with E-state index in [1.165, 1.54) is 16.8 Å². The summed E-state index contributed by atoms with van der Waals surface area (Å²) >= 11 is 0. The van der Waals surface area contributed by atoms with Crippen molar-refractivity contribution in [2.75, 3.05) is 0 Å². The van der Waals surface area contributed by atoms with Crippen LogP contribution in [0.3, 0.4) is 0 Å². The lowest BCUT2D eigenvalue weighted by Gasteiger charge is -2.03. The van der Waals surface area contributed by atoms with Crippen molar-refractivity contribution in [3.63, 3.8) is 0 Å². The van der Waals surface area contributed by atoms with Crippen LogP contribution in [-0.4, -0.2) is 25.8 Å². The van der Waals surface area contributed by atoms with Gasteiger partial charge < -0.3 is 5.73 Å². The molecule has 1 amide bonds. The highest BCUT2D eigenvalue weighted by Gasteiger charge is 2.13. The molecule has 0 aliphatic carbocycles. The molecular weight excluding hydrogens is 250 g/mol. The summed E-state index contributed by atoms with van der Waals surface area (Å²) in [6, 6.07) is 6.08. The van der Waals surface area contributed by atoms with Crippen LogP contribution in [0.2, 0.25) is 0 Å². The first-order valence-electron chi connectivity index (χ1n) is 5.42. The van der Waals surface area contributed by atoms with Crippen LogP contribution in [0.15, 0.2) is 24.3 Å². The van der Waals surface area contributed by atoms with Crippen molar-refractivity contribution in [1.82, 2.24) is 15.0 Å². The third-order valence-electron chi connectivity index (χ3n) is 2.70. The second-order valence-corrected chi connectivity index (χ2v) is 3.97. The van der Waals surface area contributed by atoms with Gasteiger partial charge in [0.25, 0.3) is 11.6 Å². The third-order valence-corrected chi connectivity index (χ3v) is 2.70. The number of hydrogen-bond donors (Lipinski definition) is 1. The highest BCUT2D eigenvalue weighted by molar-refractivity contribution is 5.91. The minimum absolute atomic E-state index is 0.0249. The summed E-state index contributed by atoms with van der Waals surface area (Å²) in [5, 5.41) is 18.0. The number of primary amides is 1. The Balaban J connectivity index is 2.21. The summed E-state index contributed by atoms with van der Waals surface area (Å²) < 4.78 is 1.52. The van der Waals surface area contributed by atoms with Crippen molar-refractivity contribution in [2.45, 2.75) is 13.5 Å². The molecule has 2 aromatic rings. The van der Waals surface area contributed by atoms with E-state index in [-0.39, 0.29) is 11.4 Å². The Bertz CT molecular complexity index is 632. The van der Waals surface area contributed by atoms with Crippen LogP contribution in [-0.2, 0) is 6.54 Å². The molecule has 1 aromatic carbocycles. The highest BCUT2D eigenvalue weighted by Crippen LogP contribution is 2.13. The lowest BCUT2D eigenvalue weighted by Crippen LogP contribution is -2.13. The van der Waals surface area contributed by atoms with E-state index in [0.717, 1.165) is 5.56 Å². The fourth-order valence-corrected chi connectivity index (χ4v) is 1.63. The van der Waals surface area contributed by atoms with Gasteiger partial charge in [-0.25, -0.2) is 4.68 Å². The maximum Gasteiger partial charge on any atom is 0.271 e. The molecule has 1 aromatic heterocycles. The second kappa shape index (κ2) is 4.84. The Morgan fingerprint density at radius 2 is 2.05 bits per heavy atom. The van der Waals surface area contributed by atoms with Gasteiger partial charge >= 0.3 is 0 Å². The first kappa shape index (κ1) is 12.7. The molecule has 0 saturated heterocycles. The molecule has 8 nitrogen and oxygen atoms in total. The van der Waals surface area contributed by atoms with E-state index in [4.69, 9.17) is 5.73 Å². The quantitative estimate of drug-likeness (QED) is 0.640. The van der Waals surface area contributed by atoms with Gasteiger partial charge in [-0.2, -0.15) is 0 Å². The van der Waals surface area contributed by atoms with Gasteiger partial charge in [0.05, 0.1) is 17.2 Å². The fraction of sp³-hybridized carbons (Fsp3) is 0.182. The number of nitrogens with zero attached hydrogens (tertiary/aromatic N) is 4. The Hall–Kier alpha value is -2.77. The zero-order valence-corrected chi connectivity index (χ0v) is 10.1. The summed E-state index contributed by atoms with van der Waals surface area (Å²) in [6.45, 7) is 2.05. The summed E-state index contributed by atoms with van der Waals surface area (Å²) in [7, 11) is 0. The SMILES string of the molecule is Cc1c(C(N)=O)nnn1Cc1ccc([N+](=O)[O-])cc1. The molecule has 0 saturated carbocycles. The predicted octanol–water partition coefficient (Wildman–Crippen LogP) is 0.642. The number of non-ortho nitro benzene ring substituents is 1. The van der Waals surface area contributed by atoms with Gasteiger partial charge in [0, 0.05) is 12.1 Å². The molecule has 8 heteroatoms. The van der Waals surface area contributed by atoms with Crippen LogP contribution < -0.4 is 5.73 Å². The molecular formula is C11H11N5O3. The zero-order valence-electron chi connectivity index (χ0n) is 10.1. The first-order chi connectivity index (χ1) is 8.99. The smallest absolute Gasteiger partial charge is 0.271 e. The molecule has 0 aliphatic rings. The van der Waals surface area contributed by atoms with Crippen molar-refractivity contribution in [3.8, 4) is 0 Å². The monoisotopic (exact) mass is 261 g/mol. The van der Waals surface area contributed by atoms with E-state index in [1.54, 1.807) is 19.1 Å². The van der Waals surface area contributed by atoms with Crippen LogP contribution in [0.5, 0.6) is 0 Å². The van der Waals surface area contributed by atoms with Crippen molar-refractivity contribution < 1.29 is 9.72 Å². The minimum atomic E-state index is -0.632. The first-order valence-corrected chi connectivity index (χ1v) is 5.42. The van der Waals surface area contributed by atoms with Crippen LogP contribution in [0.1, 0.15) is 21.7 Å². The average molecular weight is 261 g/mol. The standard InChI is InChI=1S/C11H11N5O3/c1-7-10(11(12)17)13-14-15(7)6-8-2-4-9(5-3-8)16(18)19/h2-5H,6H2,1H3,(H2,12,17). The molecule has 0 fully saturated rings. The molecule has 0 unspecified atom stereocenters. The number of aromatic nitrogens is 3. The van der Waals surface area contributed by atoms with Gasteiger partial charge in [-0.3, -0.25) is 14.9 Å². The summed E-state index contributed by atoms with van der Waals surface area (Å²) in [5.41, 5.74) is 6.67. The largest absolute Gasteiger partial charge is 0.364 e. The van der Waals surface area contributed by atoms with Crippen molar-refractivity contribution in [3.05, 3.63) is 51.3 Å². The Labute approximate surface area is 108 Å². The van der Waals surface area contributed by atoms with Crippen molar-refractivity contribution in [2.24, 2.45) is 5.73 Å². The molecule has 0 bridgehead atoms. The third kappa shape index (κ3) is 2.57. The predicted molar refractivity (Wildman–Crippen MR) is 65.5 cm³/mol. The second-order valence-electron chi connectivity index (χ2n) is 3.97. The van der Waals surface area contributed by atoms with Gasteiger partial charge in [-0.1, -0.05) is 17.3 Å². The number of benzene rings is 1. The van der Waals surface area contributed by atoms with Gasteiger partial charge in [0.2, 0.25) is 0 Å².